The molecule has 0 saturated carbocycles. The van der Waals surface area contributed by atoms with Gasteiger partial charge in [-0.1, -0.05) is 24.3 Å². The molecule has 0 spiro atoms. The van der Waals surface area contributed by atoms with Crippen molar-refractivity contribution >= 4 is 57.3 Å². The van der Waals surface area contributed by atoms with Crippen molar-refractivity contribution in [3.8, 4) is 9.88 Å². The van der Waals surface area contributed by atoms with Gasteiger partial charge in [0.2, 0.25) is 0 Å². The van der Waals surface area contributed by atoms with E-state index in [1.54, 1.807) is 22.7 Å². The molecular formula is C19H15N3OS3. The summed E-state index contributed by atoms with van der Waals surface area (Å²) in [6, 6.07) is 10.1. The Kier molecular flexibility index (Phi) is 4.76. The van der Waals surface area contributed by atoms with E-state index in [0.717, 1.165) is 32.4 Å². The number of amidine groups is 1. The van der Waals surface area contributed by atoms with E-state index in [0.29, 0.717) is 10.1 Å². The molecule has 1 aliphatic rings. The first kappa shape index (κ1) is 17.2. The predicted octanol–water partition coefficient (Wildman–Crippen LogP) is 5.38. The predicted molar refractivity (Wildman–Crippen MR) is 112 cm³/mol. The van der Waals surface area contributed by atoms with Crippen molar-refractivity contribution in [1.29, 1.82) is 0 Å². The number of aliphatic imine (C=N–C) groups is 1. The number of thiazole rings is 1. The molecule has 1 aromatic carbocycles. The van der Waals surface area contributed by atoms with E-state index in [1.165, 1.54) is 11.8 Å². The SMILES string of the molecule is Cc1cccc(C)c1N=C1NC(=O)/C(=C/c2csc(-c3cccs3)n2)S1. The molecule has 0 atom stereocenters. The summed E-state index contributed by atoms with van der Waals surface area (Å²) in [5, 5.41) is 8.42. The molecule has 1 aliphatic heterocycles. The van der Waals surface area contributed by atoms with Gasteiger partial charge in [-0.25, -0.2) is 9.98 Å². The van der Waals surface area contributed by atoms with Crippen molar-refractivity contribution in [2.24, 2.45) is 4.99 Å². The number of aryl methyl sites for hydroxylation is 2. The molecule has 1 saturated heterocycles. The van der Waals surface area contributed by atoms with Gasteiger partial charge in [0, 0.05) is 5.38 Å². The third-order valence-electron chi connectivity index (χ3n) is 3.84. The second-order valence-electron chi connectivity index (χ2n) is 5.78. The van der Waals surface area contributed by atoms with E-state index >= 15 is 0 Å². The second kappa shape index (κ2) is 7.19. The van der Waals surface area contributed by atoms with Crippen LogP contribution in [0, 0.1) is 13.8 Å². The number of hydrogen-bond acceptors (Lipinski definition) is 6. The Morgan fingerprint density at radius 3 is 2.65 bits per heavy atom. The van der Waals surface area contributed by atoms with Crippen LogP contribution in [0.5, 0.6) is 0 Å². The van der Waals surface area contributed by atoms with Crippen LogP contribution in [0.1, 0.15) is 16.8 Å². The zero-order valence-electron chi connectivity index (χ0n) is 14.1. The molecule has 4 nitrogen and oxygen atoms in total. The minimum atomic E-state index is -0.134. The highest BCUT2D eigenvalue weighted by molar-refractivity contribution is 8.18. The third-order valence-corrected chi connectivity index (χ3v) is 6.65. The monoisotopic (exact) mass is 397 g/mol. The van der Waals surface area contributed by atoms with Gasteiger partial charge >= 0.3 is 0 Å². The lowest BCUT2D eigenvalue weighted by Gasteiger charge is -2.04. The fourth-order valence-electron chi connectivity index (χ4n) is 2.56. The first-order valence-corrected chi connectivity index (χ1v) is 10.5. The van der Waals surface area contributed by atoms with Gasteiger partial charge in [0.15, 0.2) is 5.17 Å². The number of amides is 1. The first-order valence-electron chi connectivity index (χ1n) is 7.95. The van der Waals surface area contributed by atoms with Crippen LogP contribution >= 0.6 is 34.4 Å². The Labute approximate surface area is 163 Å². The lowest BCUT2D eigenvalue weighted by Crippen LogP contribution is -2.19. The van der Waals surface area contributed by atoms with E-state index in [9.17, 15) is 4.79 Å². The number of rotatable bonds is 3. The van der Waals surface area contributed by atoms with Crippen molar-refractivity contribution in [2.75, 3.05) is 0 Å². The summed E-state index contributed by atoms with van der Waals surface area (Å²) in [7, 11) is 0. The Bertz CT molecular complexity index is 1010. The standard InChI is InChI=1S/C19H15N3OS3/c1-11-5-3-6-12(2)16(11)21-19-22-17(23)15(26-19)9-13-10-25-18(20-13)14-7-4-8-24-14/h3-10H,1-2H3,(H,21,22,23)/b15-9-. The van der Waals surface area contributed by atoms with E-state index < -0.39 is 0 Å². The topological polar surface area (TPSA) is 54.4 Å². The van der Waals surface area contributed by atoms with Gasteiger partial charge in [-0.15, -0.1) is 22.7 Å². The van der Waals surface area contributed by atoms with Gasteiger partial charge in [-0.2, -0.15) is 0 Å². The Balaban J connectivity index is 1.58. The smallest absolute Gasteiger partial charge is 0.264 e. The number of carbonyl (C=O) groups is 1. The van der Waals surface area contributed by atoms with Crippen LogP contribution in [0.25, 0.3) is 16.0 Å². The first-order chi connectivity index (χ1) is 12.6. The fraction of sp³-hybridized carbons (Fsp3) is 0.105. The molecule has 7 heteroatoms. The Morgan fingerprint density at radius 2 is 1.92 bits per heavy atom. The number of hydrogen-bond donors (Lipinski definition) is 1. The van der Waals surface area contributed by atoms with Gasteiger partial charge in [0.25, 0.3) is 5.91 Å². The summed E-state index contributed by atoms with van der Waals surface area (Å²) in [6.45, 7) is 4.04. The molecule has 1 amide bonds. The Hall–Kier alpha value is -2.22. The Morgan fingerprint density at radius 1 is 1.12 bits per heavy atom. The van der Waals surface area contributed by atoms with Crippen molar-refractivity contribution < 1.29 is 4.79 Å². The number of aromatic nitrogens is 1. The van der Waals surface area contributed by atoms with Crippen molar-refractivity contribution in [3.63, 3.8) is 0 Å². The highest BCUT2D eigenvalue weighted by Crippen LogP contribution is 2.32. The summed E-state index contributed by atoms with van der Waals surface area (Å²) in [4.78, 5) is 23.3. The number of thioether (sulfide) groups is 1. The number of nitrogens with zero attached hydrogens (tertiary/aromatic N) is 2. The normalized spacial score (nSPS) is 17.2. The molecule has 2 aromatic heterocycles. The lowest BCUT2D eigenvalue weighted by atomic mass is 10.1. The number of para-hydroxylation sites is 1. The summed E-state index contributed by atoms with van der Waals surface area (Å²) in [6.07, 6.45) is 1.82. The maximum atomic E-state index is 12.3. The molecule has 0 aliphatic carbocycles. The van der Waals surface area contributed by atoms with Gasteiger partial charge in [0.1, 0.15) is 5.01 Å². The van der Waals surface area contributed by atoms with E-state index in [2.05, 4.69) is 15.3 Å². The van der Waals surface area contributed by atoms with Gasteiger partial charge < -0.3 is 5.32 Å². The average molecular weight is 398 g/mol. The maximum Gasteiger partial charge on any atom is 0.264 e. The maximum absolute atomic E-state index is 12.3. The van der Waals surface area contributed by atoms with Crippen LogP contribution in [-0.4, -0.2) is 16.1 Å². The van der Waals surface area contributed by atoms with Gasteiger partial charge in [-0.05, 0) is 54.3 Å². The third kappa shape index (κ3) is 3.51. The number of nitrogens with one attached hydrogen (secondary N) is 1. The molecule has 1 N–H and O–H groups in total. The zero-order chi connectivity index (χ0) is 18.1. The molecular weight excluding hydrogens is 382 g/mol. The molecule has 0 bridgehead atoms. The molecule has 0 unspecified atom stereocenters. The number of carbonyl (C=O) groups excluding carboxylic acids is 1. The van der Waals surface area contributed by atoms with Crippen molar-refractivity contribution in [3.05, 3.63) is 62.8 Å². The van der Waals surface area contributed by atoms with Gasteiger partial charge in [-0.3, -0.25) is 4.79 Å². The van der Waals surface area contributed by atoms with Crippen molar-refractivity contribution in [2.45, 2.75) is 13.8 Å². The van der Waals surface area contributed by atoms with Crippen LogP contribution in [0.4, 0.5) is 5.69 Å². The van der Waals surface area contributed by atoms with E-state index in [-0.39, 0.29) is 5.91 Å². The molecule has 0 radical (unpaired) electrons. The molecule has 4 rings (SSSR count). The number of thiophene rings is 1. The molecule has 130 valence electrons. The number of benzene rings is 1. The van der Waals surface area contributed by atoms with Crippen LogP contribution in [0.3, 0.4) is 0 Å². The lowest BCUT2D eigenvalue weighted by molar-refractivity contribution is -0.115. The minimum Gasteiger partial charge on any atom is -0.300 e. The highest BCUT2D eigenvalue weighted by Gasteiger charge is 2.24. The summed E-state index contributed by atoms with van der Waals surface area (Å²) < 4.78 is 0. The average Bonchev–Trinajstić information content (AvgIpc) is 3.33. The minimum absolute atomic E-state index is 0.134. The van der Waals surface area contributed by atoms with Crippen molar-refractivity contribution in [1.82, 2.24) is 10.3 Å². The molecule has 3 aromatic rings. The second-order valence-corrected chi connectivity index (χ2v) is 8.61. The van der Waals surface area contributed by atoms with Crippen LogP contribution < -0.4 is 5.32 Å². The van der Waals surface area contributed by atoms with Crippen LogP contribution in [0.2, 0.25) is 0 Å². The van der Waals surface area contributed by atoms with Crippen LogP contribution in [0.15, 0.2) is 51.0 Å². The van der Waals surface area contributed by atoms with Gasteiger partial charge in [0.05, 0.1) is 21.2 Å². The summed E-state index contributed by atoms with van der Waals surface area (Å²) >= 11 is 4.59. The van der Waals surface area contributed by atoms with E-state index in [1.807, 2.05) is 61.0 Å². The molecule has 26 heavy (non-hydrogen) atoms. The molecule has 3 heterocycles. The largest absolute Gasteiger partial charge is 0.300 e. The van der Waals surface area contributed by atoms with Crippen LogP contribution in [-0.2, 0) is 4.79 Å². The summed E-state index contributed by atoms with van der Waals surface area (Å²) in [5.41, 5.74) is 3.88. The summed E-state index contributed by atoms with van der Waals surface area (Å²) in [5.74, 6) is -0.134. The fourth-order valence-corrected chi connectivity index (χ4v) is 4.97. The zero-order valence-corrected chi connectivity index (χ0v) is 16.6. The quantitative estimate of drug-likeness (QED) is 0.604. The molecule has 1 fully saturated rings. The van der Waals surface area contributed by atoms with E-state index in [4.69, 9.17) is 0 Å². The highest BCUT2D eigenvalue weighted by atomic mass is 32.2.